The molecule has 2 aromatic carbocycles. The molecular formula is C23H16ClNO5S2. The predicted octanol–water partition coefficient (Wildman–Crippen LogP) is 6.10. The van der Waals surface area contributed by atoms with E-state index < -0.39 is 5.97 Å². The van der Waals surface area contributed by atoms with Crippen LogP contribution in [0.2, 0.25) is 5.02 Å². The first kappa shape index (κ1) is 22.1. The van der Waals surface area contributed by atoms with Crippen molar-refractivity contribution >= 4 is 63.5 Å². The number of thiocarbonyl (C=S) groups is 1. The zero-order valence-corrected chi connectivity index (χ0v) is 19.1. The number of thioether (sulfide) groups is 1. The lowest BCUT2D eigenvalue weighted by Crippen LogP contribution is -2.27. The minimum absolute atomic E-state index is 0.0154. The molecule has 1 N–H and O–H groups in total. The Morgan fingerprint density at radius 2 is 1.97 bits per heavy atom. The summed E-state index contributed by atoms with van der Waals surface area (Å²) in [7, 11) is 0. The molecule has 0 spiro atoms. The largest absolute Gasteiger partial charge is 0.494 e. The first-order chi connectivity index (χ1) is 15.4. The number of nitrogens with zero attached hydrogens (tertiary/aromatic N) is 1. The van der Waals surface area contributed by atoms with Gasteiger partial charge in [0.1, 0.15) is 17.3 Å². The lowest BCUT2D eigenvalue weighted by atomic mass is 10.1. The van der Waals surface area contributed by atoms with Gasteiger partial charge in [0.15, 0.2) is 4.32 Å². The SMILES string of the molecule is CCOc1ccc(N2C(=O)C(=Cc3ccc(-c4ccc(Cl)c(C(=O)O)c4)o3)SC2=S)cc1. The summed E-state index contributed by atoms with van der Waals surface area (Å²) in [5, 5.41) is 9.40. The second-order valence-electron chi connectivity index (χ2n) is 6.65. The van der Waals surface area contributed by atoms with Crippen molar-refractivity contribution in [3.8, 4) is 17.1 Å². The van der Waals surface area contributed by atoms with Crippen molar-refractivity contribution in [1.29, 1.82) is 0 Å². The van der Waals surface area contributed by atoms with Crippen LogP contribution >= 0.6 is 35.6 Å². The molecule has 9 heteroatoms. The molecule has 1 amide bonds. The van der Waals surface area contributed by atoms with Gasteiger partial charge in [-0.25, -0.2) is 4.79 Å². The van der Waals surface area contributed by atoms with E-state index in [0.29, 0.717) is 44.4 Å². The van der Waals surface area contributed by atoms with Gasteiger partial charge >= 0.3 is 5.97 Å². The molecule has 1 saturated heterocycles. The van der Waals surface area contributed by atoms with Crippen LogP contribution in [0.25, 0.3) is 17.4 Å². The number of carbonyl (C=O) groups excluding carboxylic acids is 1. The molecule has 4 rings (SSSR count). The van der Waals surface area contributed by atoms with Crippen LogP contribution in [0.4, 0.5) is 5.69 Å². The van der Waals surface area contributed by atoms with Crippen LogP contribution < -0.4 is 9.64 Å². The normalized spacial score (nSPS) is 14.9. The van der Waals surface area contributed by atoms with Crippen LogP contribution in [-0.2, 0) is 4.79 Å². The Bertz CT molecular complexity index is 1250. The zero-order chi connectivity index (χ0) is 22.8. The Labute approximate surface area is 198 Å². The molecule has 0 atom stereocenters. The molecule has 0 unspecified atom stereocenters. The highest BCUT2D eigenvalue weighted by Crippen LogP contribution is 2.37. The van der Waals surface area contributed by atoms with Gasteiger partial charge in [-0.3, -0.25) is 9.69 Å². The molecular weight excluding hydrogens is 470 g/mol. The summed E-state index contributed by atoms with van der Waals surface area (Å²) in [6, 6.07) is 15.2. The van der Waals surface area contributed by atoms with Gasteiger partial charge in [0.05, 0.1) is 27.8 Å². The van der Waals surface area contributed by atoms with Crippen molar-refractivity contribution in [2.24, 2.45) is 0 Å². The summed E-state index contributed by atoms with van der Waals surface area (Å²) < 4.78 is 11.7. The topological polar surface area (TPSA) is 80.0 Å². The van der Waals surface area contributed by atoms with Crippen LogP contribution in [0.5, 0.6) is 5.75 Å². The smallest absolute Gasteiger partial charge is 0.337 e. The predicted molar refractivity (Wildman–Crippen MR) is 129 cm³/mol. The lowest BCUT2D eigenvalue weighted by Gasteiger charge is -2.15. The number of amides is 1. The van der Waals surface area contributed by atoms with Crippen LogP contribution in [0.1, 0.15) is 23.0 Å². The Morgan fingerprint density at radius 3 is 2.66 bits per heavy atom. The molecule has 0 bridgehead atoms. The Balaban J connectivity index is 1.57. The van der Waals surface area contributed by atoms with Crippen molar-refractivity contribution in [2.75, 3.05) is 11.5 Å². The number of aromatic carboxylic acids is 1. The van der Waals surface area contributed by atoms with Gasteiger partial charge in [0.25, 0.3) is 5.91 Å². The second-order valence-corrected chi connectivity index (χ2v) is 8.73. The Kier molecular flexibility index (Phi) is 6.36. The standard InChI is InChI=1S/C23H16ClNO5S2/c1-2-29-15-6-4-14(5-7-15)25-21(26)20(32-23(25)31)12-16-8-10-19(30-16)13-3-9-18(24)17(11-13)22(27)28/h3-12H,2H2,1H3,(H,27,28). The summed E-state index contributed by atoms with van der Waals surface area (Å²) in [5.41, 5.74) is 1.20. The minimum atomic E-state index is -1.12. The van der Waals surface area contributed by atoms with Gasteiger partial charge in [-0.05, 0) is 61.5 Å². The highest BCUT2D eigenvalue weighted by atomic mass is 35.5. The molecule has 32 heavy (non-hydrogen) atoms. The number of carbonyl (C=O) groups is 2. The monoisotopic (exact) mass is 485 g/mol. The number of furan rings is 1. The number of hydrogen-bond acceptors (Lipinski definition) is 6. The van der Waals surface area contributed by atoms with Gasteiger partial charge in [-0.2, -0.15) is 0 Å². The highest BCUT2D eigenvalue weighted by Gasteiger charge is 2.33. The summed E-state index contributed by atoms with van der Waals surface area (Å²) in [5.74, 6) is 0.244. The molecule has 1 aliphatic heterocycles. The van der Waals surface area contributed by atoms with Crippen molar-refractivity contribution in [1.82, 2.24) is 0 Å². The third-order valence-electron chi connectivity index (χ3n) is 4.58. The molecule has 1 aliphatic rings. The third-order valence-corrected chi connectivity index (χ3v) is 6.21. The van der Waals surface area contributed by atoms with Gasteiger partial charge in [-0.1, -0.05) is 35.6 Å². The maximum Gasteiger partial charge on any atom is 0.337 e. The first-order valence-corrected chi connectivity index (χ1v) is 11.1. The van der Waals surface area contributed by atoms with E-state index in [0.717, 1.165) is 0 Å². The maximum absolute atomic E-state index is 13.0. The van der Waals surface area contributed by atoms with E-state index in [1.165, 1.54) is 28.8 Å². The van der Waals surface area contributed by atoms with Gasteiger partial charge in [-0.15, -0.1) is 0 Å². The van der Waals surface area contributed by atoms with Gasteiger partial charge in [0, 0.05) is 11.6 Å². The molecule has 162 valence electrons. The van der Waals surface area contributed by atoms with Crippen LogP contribution in [0.15, 0.2) is 63.9 Å². The van der Waals surface area contributed by atoms with E-state index in [1.54, 1.807) is 48.5 Å². The fourth-order valence-corrected chi connectivity index (χ4v) is 4.58. The molecule has 0 aliphatic carbocycles. The minimum Gasteiger partial charge on any atom is -0.494 e. The number of ether oxygens (including phenoxy) is 1. The van der Waals surface area contributed by atoms with Crippen LogP contribution in [0, 0.1) is 0 Å². The van der Waals surface area contributed by atoms with E-state index in [9.17, 15) is 14.7 Å². The summed E-state index contributed by atoms with van der Waals surface area (Å²) in [4.78, 5) is 26.2. The van der Waals surface area contributed by atoms with Gasteiger partial charge < -0.3 is 14.3 Å². The zero-order valence-electron chi connectivity index (χ0n) is 16.7. The lowest BCUT2D eigenvalue weighted by molar-refractivity contribution is -0.113. The van der Waals surface area contributed by atoms with E-state index in [-0.39, 0.29) is 16.5 Å². The highest BCUT2D eigenvalue weighted by molar-refractivity contribution is 8.27. The number of anilines is 1. The summed E-state index contributed by atoms with van der Waals surface area (Å²) in [6.45, 7) is 2.46. The first-order valence-electron chi connectivity index (χ1n) is 9.51. The molecule has 2 heterocycles. The summed E-state index contributed by atoms with van der Waals surface area (Å²) >= 11 is 12.5. The van der Waals surface area contributed by atoms with E-state index in [1.807, 2.05) is 6.92 Å². The van der Waals surface area contributed by atoms with Crippen molar-refractivity contribution < 1.29 is 23.8 Å². The van der Waals surface area contributed by atoms with E-state index in [2.05, 4.69) is 0 Å². The molecule has 3 aromatic rings. The molecule has 0 radical (unpaired) electrons. The van der Waals surface area contributed by atoms with Crippen molar-refractivity contribution in [2.45, 2.75) is 6.92 Å². The molecule has 0 saturated carbocycles. The van der Waals surface area contributed by atoms with E-state index >= 15 is 0 Å². The van der Waals surface area contributed by atoms with Gasteiger partial charge in [0.2, 0.25) is 0 Å². The van der Waals surface area contributed by atoms with Crippen LogP contribution in [-0.4, -0.2) is 27.9 Å². The number of hydrogen-bond donors (Lipinski definition) is 1. The molecule has 1 fully saturated rings. The van der Waals surface area contributed by atoms with Crippen LogP contribution in [0.3, 0.4) is 0 Å². The number of rotatable bonds is 6. The Hall–Kier alpha value is -3.07. The second kappa shape index (κ2) is 9.20. The average Bonchev–Trinajstić information content (AvgIpc) is 3.34. The molecule has 6 nitrogen and oxygen atoms in total. The Morgan fingerprint density at radius 1 is 1.22 bits per heavy atom. The fraction of sp³-hybridized carbons (Fsp3) is 0.0870. The summed E-state index contributed by atoms with van der Waals surface area (Å²) in [6.07, 6.45) is 1.62. The molecule has 1 aromatic heterocycles. The average molecular weight is 486 g/mol. The van der Waals surface area contributed by atoms with Crippen molar-refractivity contribution in [3.05, 3.63) is 75.8 Å². The van der Waals surface area contributed by atoms with E-state index in [4.69, 9.17) is 33.0 Å². The maximum atomic E-state index is 13.0. The quantitative estimate of drug-likeness (QED) is 0.333. The van der Waals surface area contributed by atoms with Crippen molar-refractivity contribution in [3.63, 3.8) is 0 Å². The number of benzene rings is 2. The number of carboxylic acid groups (broad SMARTS) is 1. The number of halogens is 1. The fourth-order valence-electron chi connectivity index (χ4n) is 3.11. The third kappa shape index (κ3) is 4.43. The number of carboxylic acids is 1.